The number of H-pyrrole nitrogens is 1. The maximum absolute atomic E-state index is 5.58. The molecule has 1 N–H and O–H groups in total. The molecular weight excluding hydrogens is 761 g/mol. The van der Waals surface area contributed by atoms with E-state index in [4.69, 9.17) is 4.98 Å². The van der Waals surface area contributed by atoms with Crippen LogP contribution in [0.1, 0.15) is 103 Å². The molecule has 11 rings (SSSR count). The summed E-state index contributed by atoms with van der Waals surface area (Å²) in [5.41, 5.74) is 24.6. The summed E-state index contributed by atoms with van der Waals surface area (Å²) in [6, 6.07) is 57.4. The molecule has 2 heteroatoms. The lowest BCUT2D eigenvalue weighted by Crippen LogP contribution is -2.15. The minimum Gasteiger partial charge on any atom is -0.354 e. The molecule has 2 aromatic heterocycles. The standard InChI is InChI=1S/C61H56N2/c1-58(2,3)41-24-27-56-47(33-41)48-34-42(59(4,5)6)35-49(57(48)63-56)55-21-15-20-54(62-55)40-29-38(36-22-25-45-43-16-11-13-18-50(43)60(7,8)52(45)31-36)28-39(30-40)37-23-26-46-44-17-12-14-19-51(44)61(9,10)53(46)32-37/h11-35,63H,1-10H3. The Hall–Kier alpha value is -6.51. The van der Waals surface area contributed by atoms with E-state index in [9.17, 15) is 0 Å². The van der Waals surface area contributed by atoms with E-state index in [0.29, 0.717) is 0 Å². The Bertz CT molecular complexity index is 3230. The predicted octanol–water partition coefficient (Wildman–Crippen LogP) is 16.6. The van der Waals surface area contributed by atoms with Crippen LogP contribution < -0.4 is 0 Å². The van der Waals surface area contributed by atoms with Crippen molar-refractivity contribution in [3.05, 3.63) is 185 Å². The summed E-state index contributed by atoms with van der Waals surface area (Å²) >= 11 is 0. The second-order valence-corrected chi connectivity index (χ2v) is 21.4. The number of aromatic amines is 1. The molecule has 0 aliphatic heterocycles. The highest BCUT2D eigenvalue weighted by Gasteiger charge is 2.37. The van der Waals surface area contributed by atoms with E-state index in [0.717, 1.165) is 33.5 Å². The largest absolute Gasteiger partial charge is 0.354 e. The monoisotopic (exact) mass is 816 g/mol. The zero-order valence-corrected chi connectivity index (χ0v) is 38.4. The van der Waals surface area contributed by atoms with E-state index in [2.05, 4.69) is 226 Å². The Morgan fingerprint density at radius 3 is 1.46 bits per heavy atom. The first-order chi connectivity index (χ1) is 30.0. The Morgan fingerprint density at radius 1 is 0.381 bits per heavy atom. The average Bonchev–Trinajstić information content (AvgIpc) is 3.84. The lowest BCUT2D eigenvalue weighted by atomic mass is 9.81. The van der Waals surface area contributed by atoms with Crippen LogP contribution in [0.2, 0.25) is 0 Å². The maximum Gasteiger partial charge on any atom is 0.0730 e. The number of nitrogens with zero attached hydrogens (tertiary/aromatic N) is 1. The fourth-order valence-corrected chi connectivity index (χ4v) is 10.7. The summed E-state index contributed by atoms with van der Waals surface area (Å²) < 4.78 is 0. The van der Waals surface area contributed by atoms with E-state index in [1.54, 1.807) is 0 Å². The van der Waals surface area contributed by atoms with Gasteiger partial charge in [-0.1, -0.05) is 154 Å². The van der Waals surface area contributed by atoms with Crippen molar-refractivity contribution in [2.45, 2.75) is 90.9 Å². The Morgan fingerprint density at radius 2 is 0.889 bits per heavy atom. The van der Waals surface area contributed by atoms with Crippen LogP contribution >= 0.6 is 0 Å². The van der Waals surface area contributed by atoms with Crippen LogP contribution in [-0.2, 0) is 21.7 Å². The van der Waals surface area contributed by atoms with Crippen molar-refractivity contribution < 1.29 is 0 Å². The molecule has 0 radical (unpaired) electrons. The summed E-state index contributed by atoms with van der Waals surface area (Å²) in [6.45, 7) is 23.3. The van der Waals surface area contributed by atoms with Crippen LogP contribution in [-0.4, -0.2) is 9.97 Å². The summed E-state index contributed by atoms with van der Waals surface area (Å²) in [7, 11) is 0. The van der Waals surface area contributed by atoms with Crippen molar-refractivity contribution in [1.82, 2.24) is 9.97 Å². The van der Waals surface area contributed by atoms with Gasteiger partial charge in [0.2, 0.25) is 0 Å². The third-order valence-corrected chi connectivity index (χ3v) is 14.5. The normalized spacial score (nSPS) is 14.8. The van der Waals surface area contributed by atoms with Gasteiger partial charge < -0.3 is 4.98 Å². The number of rotatable bonds is 4. The number of hydrogen-bond donors (Lipinski definition) is 1. The third-order valence-electron chi connectivity index (χ3n) is 14.5. The lowest BCUT2D eigenvalue weighted by Gasteiger charge is -2.22. The number of benzene rings is 7. The van der Waals surface area contributed by atoms with Crippen molar-refractivity contribution in [1.29, 1.82) is 0 Å². The van der Waals surface area contributed by atoms with E-state index in [-0.39, 0.29) is 21.7 Å². The van der Waals surface area contributed by atoms with Crippen LogP contribution in [0.4, 0.5) is 0 Å². The lowest BCUT2D eigenvalue weighted by molar-refractivity contribution is 0.590. The Labute approximate surface area is 373 Å². The van der Waals surface area contributed by atoms with Crippen LogP contribution in [0, 0.1) is 0 Å². The smallest absolute Gasteiger partial charge is 0.0730 e. The molecule has 310 valence electrons. The van der Waals surface area contributed by atoms with E-state index >= 15 is 0 Å². The average molecular weight is 817 g/mol. The highest BCUT2D eigenvalue weighted by molar-refractivity contribution is 6.12. The second-order valence-electron chi connectivity index (χ2n) is 21.4. The van der Waals surface area contributed by atoms with Crippen molar-refractivity contribution in [2.75, 3.05) is 0 Å². The zero-order valence-electron chi connectivity index (χ0n) is 38.4. The second kappa shape index (κ2) is 13.5. The van der Waals surface area contributed by atoms with Crippen molar-refractivity contribution in [3.8, 4) is 67.0 Å². The summed E-state index contributed by atoms with van der Waals surface area (Å²) in [6.07, 6.45) is 0. The summed E-state index contributed by atoms with van der Waals surface area (Å²) in [5, 5.41) is 2.51. The Balaban J connectivity index is 1.10. The SMILES string of the molecule is CC(C)(C)c1ccc2[nH]c3c(-c4cccc(-c5cc(-c6ccc7c(c6)C(C)(C)c6ccccc6-7)cc(-c6ccc7c(c6)C(C)(C)c6ccccc6-7)c5)n4)cc(C(C)(C)C)cc3c2c1. The number of nitrogens with one attached hydrogen (secondary N) is 1. The molecule has 63 heavy (non-hydrogen) atoms. The molecule has 2 aliphatic rings. The van der Waals surface area contributed by atoms with Gasteiger partial charge in [-0.3, -0.25) is 0 Å². The molecule has 2 heterocycles. The molecule has 0 atom stereocenters. The molecule has 2 aliphatic carbocycles. The minimum atomic E-state index is -0.0945. The first-order valence-corrected chi connectivity index (χ1v) is 22.7. The van der Waals surface area contributed by atoms with Crippen molar-refractivity contribution in [2.24, 2.45) is 0 Å². The molecule has 0 bridgehead atoms. The van der Waals surface area contributed by atoms with Gasteiger partial charge in [0.05, 0.1) is 16.9 Å². The van der Waals surface area contributed by atoms with E-state index in [1.165, 1.54) is 88.7 Å². The van der Waals surface area contributed by atoms with Crippen LogP contribution in [0.3, 0.4) is 0 Å². The Kier molecular flexibility index (Phi) is 8.43. The number of aromatic nitrogens is 2. The highest BCUT2D eigenvalue weighted by Crippen LogP contribution is 2.52. The third kappa shape index (κ3) is 6.16. The minimum absolute atomic E-state index is 0.0490. The van der Waals surface area contributed by atoms with E-state index in [1.807, 2.05) is 0 Å². The van der Waals surface area contributed by atoms with Gasteiger partial charge in [0.1, 0.15) is 0 Å². The van der Waals surface area contributed by atoms with Gasteiger partial charge in [0, 0.05) is 38.2 Å². The number of fused-ring (bicyclic) bond motifs is 9. The van der Waals surface area contributed by atoms with Gasteiger partial charge in [0.25, 0.3) is 0 Å². The molecule has 0 spiro atoms. The van der Waals surface area contributed by atoms with Gasteiger partial charge in [0.15, 0.2) is 0 Å². The fraction of sp³-hybridized carbons (Fsp3) is 0.230. The predicted molar refractivity (Wildman–Crippen MR) is 268 cm³/mol. The molecule has 0 amide bonds. The number of pyridine rings is 1. The van der Waals surface area contributed by atoms with Crippen LogP contribution in [0.25, 0.3) is 88.8 Å². The van der Waals surface area contributed by atoms with Crippen molar-refractivity contribution >= 4 is 21.8 Å². The van der Waals surface area contributed by atoms with Gasteiger partial charge >= 0.3 is 0 Å². The molecule has 7 aromatic carbocycles. The summed E-state index contributed by atoms with van der Waals surface area (Å²) in [5.74, 6) is 0. The molecule has 0 saturated heterocycles. The first kappa shape index (κ1) is 39.3. The van der Waals surface area contributed by atoms with Gasteiger partial charge in [-0.2, -0.15) is 0 Å². The molecule has 0 fully saturated rings. The molecule has 0 unspecified atom stereocenters. The molecular formula is C61H56N2. The van der Waals surface area contributed by atoms with Crippen LogP contribution in [0.15, 0.2) is 152 Å². The van der Waals surface area contributed by atoms with Gasteiger partial charge in [-0.15, -0.1) is 0 Å². The highest BCUT2D eigenvalue weighted by atomic mass is 14.7. The molecule has 0 saturated carbocycles. The topological polar surface area (TPSA) is 28.7 Å². The molecule has 9 aromatic rings. The van der Waals surface area contributed by atoms with Gasteiger partial charge in [-0.25, -0.2) is 4.98 Å². The quantitative estimate of drug-likeness (QED) is 0.188. The van der Waals surface area contributed by atoms with E-state index < -0.39 is 0 Å². The summed E-state index contributed by atoms with van der Waals surface area (Å²) in [4.78, 5) is 9.43. The maximum atomic E-state index is 5.58. The molecule has 2 nitrogen and oxygen atoms in total. The van der Waals surface area contributed by atoms with Gasteiger partial charge in [-0.05, 0) is 155 Å². The van der Waals surface area contributed by atoms with Crippen LogP contribution in [0.5, 0.6) is 0 Å². The fourth-order valence-electron chi connectivity index (χ4n) is 10.7. The number of hydrogen-bond acceptors (Lipinski definition) is 1. The zero-order chi connectivity index (χ0) is 43.8. The first-order valence-electron chi connectivity index (χ1n) is 22.7. The van der Waals surface area contributed by atoms with Crippen molar-refractivity contribution in [3.63, 3.8) is 0 Å².